The quantitative estimate of drug-likeness (QED) is 0.575. The molecule has 1 spiro atoms. The number of ether oxygens (including phenoxy) is 2. The van der Waals surface area contributed by atoms with E-state index in [9.17, 15) is 4.79 Å². The SMILES string of the molecule is CSc1nc2c(c(=O)n1C)CC[C@H]1[C@H](C)C3(CC[C@]21C)OCCO3. The van der Waals surface area contributed by atoms with Crippen molar-refractivity contribution in [3.63, 3.8) is 0 Å². The van der Waals surface area contributed by atoms with E-state index in [1.807, 2.05) is 13.3 Å². The molecule has 5 nitrogen and oxygen atoms in total. The molecule has 0 unspecified atom stereocenters. The van der Waals surface area contributed by atoms with Gasteiger partial charge in [-0.05, 0) is 31.4 Å². The smallest absolute Gasteiger partial charge is 0.257 e. The number of fused-ring (bicyclic) bond motifs is 3. The summed E-state index contributed by atoms with van der Waals surface area (Å²) in [5.41, 5.74) is 2.02. The van der Waals surface area contributed by atoms with E-state index in [2.05, 4.69) is 13.8 Å². The fraction of sp³-hybridized carbons (Fsp3) is 0.778. The fourth-order valence-electron chi connectivity index (χ4n) is 5.25. The first-order valence-corrected chi connectivity index (χ1v) is 10.1. The van der Waals surface area contributed by atoms with Crippen LogP contribution in [0.25, 0.3) is 0 Å². The first-order valence-electron chi connectivity index (χ1n) is 8.85. The van der Waals surface area contributed by atoms with Gasteiger partial charge in [-0.25, -0.2) is 4.98 Å². The lowest BCUT2D eigenvalue weighted by atomic mass is 9.55. The standard InChI is InChI=1S/C18H26N2O3S/c1-11-13-6-5-12-14(19-16(24-4)20(3)15(12)21)17(13,2)7-8-18(11)22-9-10-23-18/h11,13H,5-10H2,1-4H3/t11-,13-,17-/m0/s1. The predicted octanol–water partition coefficient (Wildman–Crippen LogP) is 2.50. The lowest BCUT2D eigenvalue weighted by molar-refractivity contribution is -0.234. The number of aromatic nitrogens is 2. The van der Waals surface area contributed by atoms with Gasteiger partial charge in [-0.1, -0.05) is 25.6 Å². The zero-order valence-corrected chi connectivity index (χ0v) is 15.7. The van der Waals surface area contributed by atoms with Gasteiger partial charge in [0.1, 0.15) is 0 Å². The topological polar surface area (TPSA) is 53.4 Å². The van der Waals surface area contributed by atoms with Crippen molar-refractivity contribution >= 4 is 11.8 Å². The third-order valence-corrected chi connectivity index (χ3v) is 7.39. The summed E-state index contributed by atoms with van der Waals surface area (Å²) in [7, 11) is 1.83. The number of hydrogen-bond acceptors (Lipinski definition) is 5. The van der Waals surface area contributed by atoms with Gasteiger partial charge in [-0.15, -0.1) is 0 Å². The Bertz CT molecular complexity index is 726. The summed E-state index contributed by atoms with van der Waals surface area (Å²) < 4.78 is 13.8. The molecule has 3 atom stereocenters. The van der Waals surface area contributed by atoms with Gasteiger partial charge in [0.25, 0.3) is 5.56 Å². The highest BCUT2D eigenvalue weighted by Gasteiger charge is 2.57. The number of hydrogen-bond donors (Lipinski definition) is 0. The molecule has 132 valence electrons. The Morgan fingerprint density at radius 1 is 1.29 bits per heavy atom. The fourth-order valence-corrected chi connectivity index (χ4v) is 5.79. The average molecular weight is 350 g/mol. The molecule has 0 N–H and O–H groups in total. The van der Waals surface area contributed by atoms with E-state index in [1.54, 1.807) is 16.3 Å². The lowest BCUT2D eigenvalue weighted by Gasteiger charge is -2.54. The van der Waals surface area contributed by atoms with Crippen molar-refractivity contribution in [3.05, 3.63) is 21.6 Å². The average Bonchev–Trinajstić information content (AvgIpc) is 3.05. The van der Waals surface area contributed by atoms with Crippen LogP contribution >= 0.6 is 11.8 Å². The van der Waals surface area contributed by atoms with Crippen LogP contribution in [0, 0.1) is 11.8 Å². The molecule has 24 heavy (non-hydrogen) atoms. The van der Waals surface area contributed by atoms with Crippen LogP contribution in [0.3, 0.4) is 0 Å². The highest BCUT2D eigenvalue weighted by atomic mass is 32.2. The second-order valence-electron chi connectivity index (χ2n) is 7.65. The van der Waals surface area contributed by atoms with Gasteiger partial charge in [-0.2, -0.15) is 0 Å². The van der Waals surface area contributed by atoms with Crippen LogP contribution in [0.4, 0.5) is 0 Å². The van der Waals surface area contributed by atoms with E-state index < -0.39 is 5.79 Å². The Balaban J connectivity index is 1.82. The molecule has 2 heterocycles. The molecule has 1 saturated heterocycles. The van der Waals surface area contributed by atoms with Crippen LogP contribution in [0.15, 0.2) is 9.95 Å². The molecule has 1 saturated carbocycles. The van der Waals surface area contributed by atoms with Gasteiger partial charge in [0, 0.05) is 30.4 Å². The Morgan fingerprint density at radius 3 is 2.67 bits per heavy atom. The van der Waals surface area contributed by atoms with E-state index in [1.165, 1.54) is 0 Å². The van der Waals surface area contributed by atoms with Crippen LogP contribution < -0.4 is 5.56 Å². The van der Waals surface area contributed by atoms with E-state index >= 15 is 0 Å². The van der Waals surface area contributed by atoms with Crippen molar-refractivity contribution in [1.29, 1.82) is 0 Å². The van der Waals surface area contributed by atoms with Crippen molar-refractivity contribution in [3.8, 4) is 0 Å². The second kappa shape index (κ2) is 5.58. The van der Waals surface area contributed by atoms with Crippen LogP contribution in [0.1, 0.15) is 44.4 Å². The Labute approximate surface area is 147 Å². The molecule has 0 amide bonds. The molecule has 0 aromatic carbocycles. The normalized spacial score (nSPS) is 34.2. The highest BCUT2D eigenvalue weighted by molar-refractivity contribution is 7.98. The van der Waals surface area contributed by atoms with Crippen molar-refractivity contribution in [2.45, 2.75) is 55.9 Å². The minimum Gasteiger partial charge on any atom is -0.347 e. The number of rotatable bonds is 1. The monoisotopic (exact) mass is 350 g/mol. The largest absolute Gasteiger partial charge is 0.347 e. The molecule has 1 aromatic heterocycles. The zero-order chi connectivity index (χ0) is 17.1. The molecule has 2 fully saturated rings. The Hall–Kier alpha value is -0.850. The van der Waals surface area contributed by atoms with Gasteiger partial charge in [-0.3, -0.25) is 9.36 Å². The molecule has 3 aliphatic rings. The minimum atomic E-state index is -0.413. The summed E-state index contributed by atoms with van der Waals surface area (Å²) in [4.78, 5) is 17.7. The van der Waals surface area contributed by atoms with Crippen molar-refractivity contribution in [2.75, 3.05) is 19.5 Å². The third-order valence-electron chi connectivity index (χ3n) is 6.66. The minimum absolute atomic E-state index is 0.0640. The van der Waals surface area contributed by atoms with Gasteiger partial charge < -0.3 is 9.47 Å². The van der Waals surface area contributed by atoms with Crippen molar-refractivity contribution in [1.82, 2.24) is 9.55 Å². The molecule has 2 aliphatic carbocycles. The second-order valence-corrected chi connectivity index (χ2v) is 8.42. The maximum atomic E-state index is 12.8. The van der Waals surface area contributed by atoms with Crippen LogP contribution in [-0.2, 0) is 28.4 Å². The maximum Gasteiger partial charge on any atom is 0.257 e. The highest BCUT2D eigenvalue weighted by Crippen LogP contribution is 2.56. The molecule has 4 rings (SSSR count). The first kappa shape index (κ1) is 16.6. The maximum absolute atomic E-state index is 12.8. The van der Waals surface area contributed by atoms with Gasteiger partial charge >= 0.3 is 0 Å². The molecule has 6 heteroatoms. The zero-order valence-electron chi connectivity index (χ0n) is 14.9. The van der Waals surface area contributed by atoms with E-state index in [0.29, 0.717) is 25.0 Å². The molecule has 1 aliphatic heterocycles. The van der Waals surface area contributed by atoms with Gasteiger partial charge in [0.15, 0.2) is 10.9 Å². The third kappa shape index (κ3) is 2.09. The molecular weight excluding hydrogens is 324 g/mol. The summed E-state index contributed by atoms with van der Waals surface area (Å²) in [6.45, 7) is 5.94. The summed E-state index contributed by atoms with van der Waals surface area (Å²) >= 11 is 1.54. The van der Waals surface area contributed by atoms with Gasteiger partial charge in [0.2, 0.25) is 0 Å². The molecule has 0 bridgehead atoms. The van der Waals surface area contributed by atoms with Crippen molar-refractivity contribution < 1.29 is 9.47 Å². The molecule has 0 radical (unpaired) electrons. The van der Waals surface area contributed by atoms with E-state index in [-0.39, 0.29) is 11.0 Å². The number of thioether (sulfide) groups is 1. The van der Waals surface area contributed by atoms with Crippen LogP contribution in [0.2, 0.25) is 0 Å². The molecule has 1 aromatic rings. The summed E-state index contributed by atoms with van der Waals surface area (Å²) in [5, 5.41) is 0.807. The van der Waals surface area contributed by atoms with Crippen molar-refractivity contribution in [2.24, 2.45) is 18.9 Å². The summed E-state index contributed by atoms with van der Waals surface area (Å²) in [6, 6.07) is 0. The lowest BCUT2D eigenvalue weighted by Crippen LogP contribution is -2.56. The molecular formula is C18H26N2O3S. The Morgan fingerprint density at radius 2 is 2.00 bits per heavy atom. The predicted molar refractivity (Wildman–Crippen MR) is 93.5 cm³/mol. The van der Waals surface area contributed by atoms with Crippen LogP contribution in [-0.4, -0.2) is 34.8 Å². The first-order chi connectivity index (χ1) is 11.4. The Kier molecular flexibility index (Phi) is 3.86. The van der Waals surface area contributed by atoms with E-state index in [0.717, 1.165) is 42.1 Å². The van der Waals surface area contributed by atoms with E-state index in [4.69, 9.17) is 14.5 Å². The van der Waals surface area contributed by atoms with Gasteiger partial charge in [0.05, 0.1) is 18.9 Å². The summed E-state index contributed by atoms with van der Waals surface area (Å²) in [6.07, 6.45) is 5.64. The van der Waals surface area contributed by atoms with Crippen LogP contribution in [0.5, 0.6) is 0 Å². The summed E-state index contributed by atoms with van der Waals surface area (Å²) in [5.74, 6) is 0.339. The number of nitrogens with zero attached hydrogens (tertiary/aromatic N) is 2.